The molecule has 1 unspecified atom stereocenters. The fourth-order valence-electron chi connectivity index (χ4n) is 6.74. The predicted molar refractivity (Wildman–Crippen MR) is 147 cm³/mol. The van der Waals surface area contributed by atoms with Crippen molar-refractivity contribution in [3.8, 4) is 17.2 Å². The quantitative estimate of drug-likeness (QED) is 0.536. The number of nitrogens with zero attached hydrogens (tertiary/aromatic N) is 3. The largest absolute Gasteiger partial charge is 0.493 e. The summed E-state index contributed by atoms with van der Waals surface area (Å²) in [6.45, 7) is 17.7. The van der Waals surface area contributed by atoms with Gasteiger partial charge in [-0.3, -0.25) is 4.90 Å². The van der Waals surface area contributed by atoms with Crippen LogP contribution in [0.25, 0.3) is 0 Å². The second-order valence-corrected chi connectivity index (χ2v) is 11.2. The van der Waals surface area contributed by atoms with Crippen LogP contribution in [0.3, 0.4) is 0 Å². The number of ether oxygens (including phenoxy) is 3. The maximum Gasteiger partial charge on any atom is 0.162 e. The zero-order chi connectivity index (χ0) is 25.6. The SMILES string of the molecule is COc1ccc(N2CCN(c3c(C)c(C)c4c(c3C)C(N3CCCCC3)C(C)(C)O4)CC2)cc1OC. The Morgan fingerprint density at radius 2 is 1.42 bits per heavy atom. The number of hydrogen-bond acceptors (Lipinski definition) is 6. The molecule has 3 aliphatic heterocycles. The number of rotatable bonds is 5. The highest BCUT2D eigenvalue weighted by atomic mass is 16.5. The van der Waals surface area contributed by atoms with Crippen LogP contribution in [0, 0.1) is 20.8 Å². The molecule has 6 nitrogen and oxygen atoms in total. The summed E-state index contributed by atoms with van der Waals surface area (Å²) in [4.78, 5) is 7.75. The standard InChI is InChI=1S/C30H43N3O3/c1-20-21(2)28-26(29(30(4,5)36-28)33-13-9-8-10-14-33)22(3)27(20)32-17-15-31(16-18-32)23-11-12-24(34-6)25(19-23)35-7/h11-12,19,29H,8-10,13-18H2,1-7H3. The van der Waals surface area contributed by atoms with Crippen LogP contribution in [0.5, 0.6) is 17.2 Å². The van der Waals surface area contributed by atoms with Gasteiger partial charge in [-0.05, 0) is 89.4 Å². The number of anilines is 2. The Balaban J connectivity index is 1.43. The average Bonchev–Trinajstić information content (AvgIpc) is 3.19. The molecule has 3 heterocycles. The van der Waals surface area contributed by atoms with Crippen LogP contribution in [0.1, 0.15) is 61.4 Å². The molecule has 2 fully saturated rings. The zero-order valence-corrected chi connectivity index (χ0v) is 23.2. The van der Waals surface area contributed by atoms with Gasteiger partial charge in [-0.25, -0.2) is 0 Å². The van der Waals surface area contributed by atoms with E-state index in [4.69, 9.17) is 14.2 Å². The minimum Gasteiger partial charge on any atom is -0.493 e. The number of hydrogen-bond donors (Lipinski definition) is 0. The first-order valence-corrected chi connectivity index (χ1v) is 13.6. The molecule has 196 valence electrons. The molecule has 6 heteroatoms. The van der Waals surface area contributed by atoms with Crippen molar-refractivity contribution in [1.82, 2.24) is 4.90 Å². The first kappa shape index (κ1) is 25.1. The number of fused-ring (bicyclic) bond motifs is 1. The number of piperidine rings is 1. The highest BCUT2D eigenvalue weighted by Gasteiger charge is 2.47. The number of benzene rings is 2. The number of piperazine rings is 1. The second kappa shape index (κ2) is 9.70. The minimum atomic E-state index is -0.216. The van der Waals surface area contributed by atoms with Crippen LogP contribution in [-0.4, -0.2) is 64.0 Å². The van der Waals surface area contributed by atoms with E-state index in [1.165, 1.54) is 66.0 Å². The van der Waals surface area contributed by atoms with Gasteiger partial charge in [0.05, 0.1) is 20.3 Å². The van der Waals surface area contributed by atoms with E-state index < -0.39 is 0 Å². The smallest absolute Gasteiger partial charge is 0.162 e. The molecule has 2 aromatic carbocycles. The van der Waals surface area contributed by atoms with Gasteiger partial charge in [0.2, 0.25) is 0 Å². The first-order chi connectivity index (χ1) is 17.3. The molecule has 0 spiro atoms. The molecule has 0 amide bonds. The molecule has 36 heavy (non-hydrogen) atoms. The molecule has 0 N–H and O–H groups in total. The number of likely N-dealkylation sites (tertiary alicyclic amines) is 1. The lowest BCUT2D eigenvalue weighted by Gasteiger charge is -2.41. The van der Waals surface area contributed by atoms with E-state index in [0.29, 0.717) is 6.04 Å². The van der Waals surface area contributed by atoms with Crippen molar-refractivity contribution in [3.05, 3.63) is 40.5 Å². The third kappa shape index (κ3) is 4.17. The molecule has 0 aliphatic carbocycles. The minimum absolute atomic E-state index is 0.216. The van der Waals surface area contributed by atoms with Gasteiger partial charge in [-0.1, -0.05) is 6.42 Å². The topological polar surface area (TPSA) is 37.4 Å². The molecule has 3 aliphatic rings. The van der Waals surface area contributed by atoms with Gasteiger partial charge in [0.25, 0.3) is 0 Å². The van der Waals surface area contributed by atoms with Gasteiger partial charge in [-0.15, -0.1) is 0 Å². The lowest BCUT2D eigenvalue weighted by Crippen LogP contribution is -2.47. The highest BCUT2D eigenvalue weighted by molar-refractivity contribution is 5.71. The Labute approximate surface area is 217 Å². The Bertz CT molecular complexity index is 1120. The summed E-state index contributed by atoms with van der Waals surface area (Å²) >= 11 is 0. The maximum absolute atomic E-state index is 6.72. The third-order valence-corrected chi connectivity index (χ3v) is 8.64. The Morgan fingerprint density at radius 1 is 0.778 bits per heavy atom. The van der Waals surface area contributed by atoms with Crippen molar-refractivity contribution in [2.45, 2.75) is 65.5 Å². The molecule has 0 aromatic heterocycles. The molecular formula is C30H43N3O3. The summed E-state index contributed by atoms with van der Waals surface area (Å²) in [6, 6.07) is 6.54. The van der Waals surface area contributed by atoms with Crippen molar-refractivity contribution >= 4 is 11.4 Å². The summed E-state index contributed by atoms with van der Waals surface area (Å²) in [5, 5.41) is 0. The van der Waals surface area contributed by atoms with E-state index in [1.807, 2.05) is 6.07 Å². The van der Waals surface area contributed by atoms with Crippen molar-refractivity contribution in [2.24, 2.45) is 0 Å². The summed E-state index contributed by atoms with van der Waals surface area (Å²) in [6.07, 6.45) is 3.92. The molecule has 0 radical (unpaired) electrons. The van der Waals surface area contributed by atoms with Crippen molar-refractivity contribution in [1.29, 1.82) is 0 Å². The van der Waals surface area contributed by atoms with Gasteiger partial charge >= 0.3 is 0 Å². The molecule has 2 saturated heterocycles. The molecule has 0 saturated carbocycles. The van der Waals surface area contributed by atoms with Crippen molar-refractivity contribution in [3.63, 3.8) is 0 Å². The van der Waals surface area contributed by atoms with Crippen LogP contribution in [0.2, 0.25) is 0 Å². The highest BCUT2D eigenvalue weighted by Crippen LogP contribution is 2.53. The fraction of sp³-hybridized carbons (Fsp3) is 0.600. The van der Waals surface area contributed by atoms with Crippen LogP contribution in [0.15, 0.2) is 18.2 Å². The normalized spacial score (nSPS) is 21.8. The molecule has 1 atom stereocenters. The Hall–Kier alpha value is -2.60. The summed E-state index contributed by atoms with van der Waals surface area (Å²) in [5.41, 5.74) is 7.90. The molecular weight excluding hydrogens is 450 g/mol. The lowest BCUT2D eigenvalue weighted by atomic mass is 9.86. The van der Waals surface area contributed by atoms with Gasteiger partial charge in [-0.2, -0.15) is 0 Å². The number of methoxy groups -OCH3 is 2. The van der Waals surface area contributed by atoms with Gasteiger partial charge in [0, 0.05) is 49.2 Å². The van der Waals surface area contributed by atoms with Crippen LogP contribution < -0.4 is 24.0 Å². The molecule has 2 aromatic rings. The van der Waals surface area contributed by atoms with Crippen molar-refractivity contribution < 1.29 is 14.2 Å². The van der Waals surface area contributed by atoms with Gasteiger partial charge in [0.1, 0.15) is 11.4 Å². The zero-order valence-electron chi connectivity index (χ0n) is 23.2. The Kier molecular flexibility index (Phi) is 6.75. The first-order valence-electron chi connectivity index (χ1n) is 13.6. The monoisotopic (exact) mass is 493 g/mol. The van der Waals surface area contributed by atoms with Crippen molar-refractivity contribution in [2.75, 3.05) is 63.3 Å². The van der Waals surface area contributed by atoms with E-state index in [-0.39, 0.29) is 5.60 Å². The van der Waals surface area contributed by atoms with E-state index >= 15 is 0 Å². The predicted octanol–water partition coefficient (Wildman–Crippen LogP) is 5.65. The third-order valence-electron chi connectivity index (χ3n) is 8.64. The van der Waals surface area contributed by atoms with E-state index in [2.05, 4.69) is 61.5 Å². The van der Waals surface area contributed by atoms with E-state index in [1.54, 1.807) is 14.2 Å². The summed E-state index contributed by atoms with van der Waals surface area (Å²) in [7, 11) is 3.38. The summed E-state index contributed by atoms with van der Waals surface area (Å²) in [5.74, 6) is 2.69. The van der Waals surface area contributed by atoms with Crippen LogP contribution >= 0.6 is 0 Å². The lowest BCUT2D eigenvalue weighted by molar-refractivity contribution is 0.0194. The van der Waals surface area contributed by atoms with Crippen LogP contribution in [-0.2, 0) is 0 Å². The molecule has 5 rings (SSSR count). The molecule has 0 bridgehead atoms. The summed E-state index contributed by atoms with van der Waals surface area (Å²) < 4.78 is 17.7. The van der Waals surface area contributed by atoms with E-state index in [9.17, 15) is 0 Å². The van der Waals surface area contributed by atoms with Gasteiger partial charge < -0.3 is 24.0 Å². The van der Waals surface area contributed by atoms with E-state index in [0.717, 1.165) is 43.4 Å². The average molecular weight is 494 g/mol. The Morgan fingerprint density at radius 3 is 2.06 bits per heavy atom. The maximum atomic E-state index is 6.72. The van der Waals surface area contributed by atoms with Gasteiger partial charge in [0.15, 0.2) is 11.5 Å². The fourth-order valence-corrected chi connectivity index (χ4v) is 6.74. The second-order valence-electron chi connectivity index (χ2n) is 11.2. The van der Waals surface area contributed by atoms with Crippen LogP contribution in [0.4, 0.5) is 11.4 Å².